The largest absolute Gasteiger partial charge is 0.493 e. The van der Waals surface area contributed by atoms with E-state index < -0.39 is 0 Å². The summed E-state index contributed by atoms with van der Waals surface area (Å²) in [6, 6.07) is 8.03. The molecule has 0 aliphatic carbocycles. The van der Waals surface area contributed by atoms with Gasteiger partial charge < -0.3 is 14.7 Å². The van der Waals surface area contributed by atoms with E-state index in [0.29, 0.717) is 13.0 Å². The monoisotopic (exact) mass is 289 g/mol. The molecule has 4 nitrogen and oxygen atoms in total. The third-order valence-corrected chi connectivity index (χ3v) is 4.53. The molecule has 0 bridgehead atoms. The Morgan fingerprint density at radius 3 is 3.05 bits per heavy atom. The van der Waals surface area contributed by atoms with Crippen molar-refractivity contribution in [2.45, 2.75) is 50.7 Å². The lowest BCUT2D eigenvalue weighted by atomic mass is 9.91. The lowest BCUT2D eigenvalue weighted by Crippen LogP contribution is -2.41. The molecule has 3 atom stereocenters. The molecule has 2 heterocycles. The molecule has 3 rings (SSSR count). The summed E-state index contributed by atoms with van der Waals surface area (Å²) in [7, 11) is 0. The van der Waals surface area contributed by atoms with Crippen molar-refractivity contribution in [3.8, 4) is 5.75 Å². The number of hydrogen-bond donors (Lipinski definition) is 1. The van der Waals surface area contributed by atoms with Gasteiger partial charge in [0.25, 0.3) is 0 Å². The highest BCUT2D eigenvalue weighted by molar-refractivity contribution is 5.85. The number of rotatable bonds is 3. The van der Waals surface area contributed by atoms with Gasteiger partial charge in [-0.1, -0.05) is 18.2 Å². The SMILES string of the molecule is CC(O)CC1CCCN1C(=O)C1CCOc2ccccc21. The Hall–Kier alpha value is -1.55. The summed E-state index contributed by atoms with van der Waals surface area (Å²) in [5, 5.41) is 9.62. The number of carbonyl (C=O) groups excluding carboxylic acids is 1. The van der Waals surface area contributed by atoms with Gasteiger partial charge in [0.1, 0.15) is 5.75 Å². The zero-order valence-electron chi connectivity index (χ0n) is 12.5. The molecule has 1 amide bonds. The maximum atomic E-state index is 12.9. The van der Waals surface area contributed by atoms with Crippen LogP contribution in [0, 0.1) is 0 Å². The van der Waals surface area contributed by atoms with Gasteiger partial charge in [0.2, 0.25) is 5.91 Å². The van der Waals surface area contributed by atoms with Gasteiger partial charge >= 0.3 is 0 Å². The zero-order valence-corrected chi connectivity index (χ0v) is 12.5. The Morgan fingerprint density at radius 2 is 2.24 bits per heavy atom. The van der Waals surface area contributed by atoms with Crippen LogP contribution < -0.4 is 4.74 Å². The van der Waals surface area contributed by atoms with Gasteiger partial charge in [0.05, 0.1) is 18.6 Å². The number of aliphatic hydroxyl groups is 1. The summed E-state index contributed by atoms with van der Waals surface area (Å²) in [4.78, 5) is 14.9. The predicted octanol–water partition coefficient (Wildman–Crippen LogP) is 2.31. The van der Waals surface area contributed by atoms with Crippen LogP contribution in [0.25, 0.3) is 0 Å². The van der Waals surface area contributed by atoms with E-state index in [2.05, 4.69) is 0 Å². The van der Waals surface area contributed by atoms with E-state index in [4.69, 9.17) is 4.74 Å². The minimum atomic E-state index is -0.356. The Labute approximate surface area is 125 Å². The van der Waals surface area contributed by atoms with E-state index in [-0.39, 0.29) is 24.0 Å². The van der Waals surface area contributed by atoms with Gasteiger partial charge in [0.15, 0.2) is 0 Å². The summed E-state index contributed by atoms with van der Waals surface area (Å²) in [5.41, 5.74) is 1.01. The average Bonchev–Trinajstić information content (AvgIpc) is 2.93. The summed E-state index contributed by atoms with van der Waals surface area (Å²) < 4.78 is 5.65. The highest BCUT2D eigenvalue weighted by Gasteiger charge is 2.36. The van der Waals surface area contributed by atoms with Crippen LogP contribution in [0.3, 0.4) is 0 Å². The molecule has 0 spiro atoms. The third-order valence-electron chi connectivity index (χ3n) is 4.53. The fourth-order valence-corrected chi connectivity index (χ4v) is 3.56. The molecule has 1 aromatic rings. The fourth-order valence-electron chi connectivity index (χ4n) is 3.56. The van der Waals surface area contributed by atoms with E-state index in [9.17, 15) is 9.90 Å². The molecule has 114 valence electrons. The molecule has 2 aliphatic heterocycles. The van der Waals surface area contributed by atoms with Crippen molar-refractivity contribution >= 4 is 5.91 Å². The third kappa shape index (κ3) is 2.91. The standard InChI is InChI=1S/C17H23NO3/c1-12(19)11-13-5-4-9-18(13)17(20)15-8-10-21-16-7-3-2-6-14(15)16/h2-3,6-7,12-13,15,19H,4-5,8-11H2,1H3. The topological polar surface area (TPSA) is 49.8 Å². The second-order valence-corrected chi connectivity index (χ2v) is 6.14. The number of hydrogen-bond acceptors (Lipinski definition) is 3. The molecule has 1 aromatic carbocycles. The van der Waals surface area contributed by atoms with Crippen LogP contribution >= 0.6 is 0 Å². The molecule has 3 unspecified atom stereocenters. The van der Waals surface area contributed by atoms with Crippen molar-refractivity contribution in [1.29, 1.82) is 0 Å². The number of benzene rings is 1. The Bertz CT molecular complexity index is 515. The lowest BCUT2D eigenvalue weighted by Gasteiger charge is -2.32. The minimum Gasteiger partial charge on any atom is -0.493 e. The van der Waals surface area contributed by atoms with Crippen LogP contribution in [0.1, 0.15) is 44.1 Å². The highest BCUT2D eigenvalue weighted by Crippen LogP contribution is 2.36. The second-order valence-electron chi connectivity index (χ2n) is 6.14. The molecule has 21 heavy (non-hydrogen) atoms. The Kier molecular flexibility index (Phi) is 4.15. The van der Waals surface area contributed by atoms with Crippen molar-refractivity contribution < 1.29 is 14.6 Å². The van der Waals surface area contributed by atoms with Crippen molar-refractivity contribution in [2.75, 3.05) is 13.2 Å². The van der Waals surface area contributed by atoms with E-state index in [0.717, 1.165) is 37.1 Å². The molecule has 0 aromatic heterocycles. The smallest absolute Gasteiger partial charge is 0.230 e. The molecule has 1 N–H and O–H groups in total. The summed E-state index contributed by atoms with van der Waals surface area (Å²) in [6.07, 6.45) is 3.10. The minimum absolute atomic E-state index is 0.0930. The average molecular weight is 289 g/mol. The number of likely N-dealkylation sites (tertiary alicyclic amines) is 1. The van der Waals surface area contributed by atoms with Gasteiger partial charge in [-0.15, -0.1) is 0 Å². The van der Waals surface area contributed by atoms with Gasteiger partial charge in [-0.25, -0.2) is 0 Å². The first kappa shape index (κ1) is 14.4. The second kappa shape index (κ2) is 6.06. The van der Waals surface area contributed by atoms with Crippen LogP contribution in [0.5, 0.6) is 5.75 Å². The summed E-state index contributed by atoms with van der Waals surface area (Å²) in [5.74, 6) is 0.951. The maximum absolute atomic E-state index is 12.9. The maximum Gasteiger partial charge on any atom is 0.230 e. The number of para-hydroxylation sites is 1. The predicted molar refractivity (Wildman–Crippen MR) is 80.3 cm³/mol. The van der Waals surface area contributed by atoms with Crippen molar-refractivity contribution in [2.24, 2.45) is 0 Å². The molecule has 0 radical (unpaired) electrons. The van der Waals surface area contributed by atoms with Crippen LogP contribution in [0.2, 0.25) is 0 Å². The van der Waals surface area contributed by atoms with Crippen molar-refractivity contribution in [3.05, 3.63) is 29.8 Å². The number of ether oxygens (including phenoxy) is 1. The van der Waals surface area contributed by atoms with E-state index >= 15 is 0 Å². The van der Waals surface area contributed by atoms with Gasteiger partial charge in [-0.2, -0.15) is 0 Å². The first-order valence-corrected chi connectivity index (χ1v) is 7.87. The molecular weight excluding hydrogens is 266 g/mol. The summed E-state index contributed by atoms with van der Waals surface area (Å²) >= 11 is 0. The number of amides is 1. The van der Waals surface area contributed by atoms with Crippen LogP contribution in [-0.4, -0.2) is 41.2 Å². The molecule has 2 aliphatic rings. The molecule has 1 fully saturated rings. The Balaban J connectivity index is 1.79. The lowest BCUT2D eigenvalue weighted by molar-refractivity contribution is -0.134. The van der Waals surface area contributed by atoms with Gasteiger partial charge in [-0.3, -0.25) is 4.79 Å². The van der Waals surface area contributed by atoms with E-state index in [1.807, 2.05) is 29.2 Å². The summed E-state index contributed by atoms with van der Waals surface area (Å²) in [6.45, 7) is 3.21. The zero-order chi connectivity index (χ0) is 14.8. The van der Waals surface area contributed by atoms with Crippen LogP contribution in [0.15, 0.2) is 24.3 Å². The molecule has 0 saturated carbocycles. The van der Waals surface area contributed by atoms with Gasteiger partial charge in [0, 0.05) is 18.2 Å². The van der Waals surface area contributed by atoms with Crippen LogP contribution in [0.4, 0.5) is 0 Å². The fraction of sp³-hybridized carbons (Fsp3) is 0.588. The normalized spacial score (nSPS) is 26.1. The number of fused-ring (bicyclic) bond motifs is 1. The van der Waals surface area contributed by atoms with Crippen LogP contribution in [-0.2, 0) is 4.79 Å². The molecular formula is C17H23NO3. The van der Waals surface area contributed by atoms with E-state index in [1.54, 1.807) is 6.92 Å². The quantitative estimate of drug-likeness (QED) is 0.929. The van der Waals surface area contributed by atoms with Crippen molar-refractivity contribution in [3.63, 3.8) is 0 Å². The molecule has 1 saturated heterocycles. The molecule has 4 heteroatoms. The van der Waals surface area contributed by atoms with Gasteiger partial charge in [-0.05, 0) is 38.7 Å². The van der Waals surface area contributed by atoms with E-state index in [1.165, 1.54) is 0 Å². The number of aliphatic hydroxyl groups excluding tert-OH is 1. The number of nitrogens with zero attached hydrogens (tertiary/aromatic N) is 1. The first-order valence-electron chi connectivity index (χ1n) is 7.87. The van der Waals surface area contributed by atoms with Crippen molar-refractivity contribution in [1.82, 2.24) is 4.90 Å². The Morgan fingerprint density at radius 1 is 1.43 bits per heavy atom. The highest BCUT2D eigenvalue weighted by atomic mass is 16.5. The number of carbonyl (C=O) groups is 1. The first-order chi connectivity index (χ1) is 10.2.